The molecule has 0 heterocycles. The molecule has 0 aromatic heterocycles. The molecule has 1 N–H and O–H groups in total. The van der Waals surface area contributed by atoms with E-state index < -0.39 is 18.4 Å². The topological polar surface area (TPSA) is 29.5 Å². The standard InChI is InChI=1S/C11H13F3O2/c1-8-3-5-9(6-4-8)16-7-10(2,15)11(12,13)14/h3-6,15H,7H2,1-2H3/t10-/m0/s1. The van der Waals surface area contributed by atoms with Gasteiger partial charge in [-0.3, -0.25) is 0 Å². The minimum absolute atomic E-state index is 0.301. The van der Waals surface area contributed by atoms with Gasteiger partial charge < -0.3 is 9.84 Å². The summed E-state index contributed by atoms with van der Waals surface area (Å²) in [6, 6.07) is 6.55. The summed E-state index contributed by atoms with van der Waals surface area (Å²) in [5, 5.41) is 9.12. The van der Waals surface area contributed by atoms with Crippen molar-refractivity contribution in [3.05, 3.63) is 29.8 Å². The monoisotopic (exact) mass is 234 g/mol. The molecule has 0 bridgehead atoms. The van der Waals surface area contributed by atoms with Gasteiger partial charge in [0.15, 0.2) is 5.60 Å². The molecule has 1 atom stereocenters. The molecule has 0 saturated carbocycles. The smallest absolute Gasteiger partial charge is 0.420 e. The van der Waals surface area contributed by atoms with Crippen molar-refractivity contribution in [1.29, 1.82) is 0 Å². The summed E-state index contributed by atoms with van der Waals surface area (Å²) < 4.78 is 41.7. The van der Waals surface area contributed by atoms with Crippen LogP contribution in [0.25, 0.3) is 0 Å². The normalized spacial score (nSPS) is 15.6. The SMILES string of the molecule is Cc1ccc(OC[C@](C)(O)C(F)(F)F)cc1. The third-order valence-electron chi connectivity index (χ3n) is 2.15. The van der Waals surface area contributed by atoms with Gasteiger partial charge in [0.1, 0.15) is 12.4 Å². The van der Waals surface area contributed by atoms with E-state index in [1.807, 2.05) is 6.92 Å². The molecule has 0 saturated heterocycles. The number of aryl methyl sites for hydroxylation is 1. The lowest BCUT2D eigenvalue weighted by molar-refractivity contribution is -0.260. The van der Waals surface area contributed by atoms with Gasteiger partial charge in [0, 0.05) is 0 Å². The van der Waals surface area contributed by atoms with E-state index in [1.54, 1.807) is 24.3 Å². The Kier molecular flexibility index (Phi) is 3.48. The third-order valence-corrected chi connectivity index (χ3v) is 2.15. The second-order valence-corrected chi connectivity index (χ2v) is 3.87. The molecule has 0 radical (unpaired) electrons. The maximum Gasteiger partial charge on any atom is 0.420 e. The lowest BCUT2D eigenvalue weighted by Gasteiger charge is -2.26. The van der Waals surface area contributed by atoms with Gasteiger partial charge in [-0.15, -0.1) is 0 Å². The fraction of sp³-hybridized carbons (Fsp3) is 0.455. The zero-order valence-corrected chi connectivity index (χ0v) is 9.01. The largest absolute Gasteiger partial charge is 0.490 e. The molecule has 0 spiro atoms. The van der Waals surface area contributed by atoms with Crippen molar-refractivity contribution in [2.24, 2.45) is 0 Å². The fourth-order valence-electron chi connectivity index (χ4n) is 0.940. The van der Waals surface area contributed by atoms with Gasteiger partial charge in [-0.2, -0.15) is 13.2 Å². The molecule has 1 rings (SSSR count). The average molecular weight is 234 g/mol. The second-order valence-electron chi connectivity index (χ2n) is 3.87. The van der Waals surface area contributed by atoms with Gasteiger partial charge in [-0.25, -0.2) is 0 Å². The Labute approximate surface area is 91.7 Å². The number of hydrogen-bond donors (Lipinski definition) is 1. The molecule has 0 fully saturated rings. The van der Waals surface area contributed by atoms with Gasteiger partial charge >= 0.3 is 6.18 Å². The van der Waals surface area contributed by atoms with E-state index in [-0.39, 0.29) is 0 Å². The Balaban J connectivity index is 2.61. The minimum Gasteiger partial charge on any atom is -0.490 e. The molecule has 5 heteroatoms. The second kappa shape index (κ2) is 4.33. The van der Waals surface area contributed by atoms with Crippen molar-refractivity contribution >= 4 is 0 Å². The van der Waals surface area contributed by atoms with E-state index in [2.05, 4.69) is 0 Å². The van der Waals surface area contributed by atoms with Crippen LogP contribution in [0.5, 0.6) is 5.75 Å². The highest BCUT2D eigenvalue weighted by Gasteiger charge is 2.50. The highest BCUT2D eigenvalue weighted by atomic mass is 19.4. The Morgan fingerprint density at radius 2 is 1.69 bits per heavy atom. The van der Waals surface area contributed by atoms with E-state index in [9.17, 15) is 13.2 Å². The van der Waals surface area contributed by atoms with E-state index >= 15 is 0 Å². The molecule has 1 aromatic carbocycles. The molecule has 16 heavy (non-hydrogen) atoms. The molecule has 0 amide bonds. The van der Waals surface area contributed by atoms with Crippen LogP contribution in [0.3, 0.4) is 0 Å². The average Bonchev–Trinajstić information content (AvgIpc) is 2.15. The molecule has 0 aliphatic heterocycles. The summed E-state index contributed by atoms with van der Waals surface area (Å²) in [5.41, 5.74) is -1.85. The van der Waals surface area contributed by atoms with Crippen LogP contribution >= 0.6 is 0 Å². The lowest BCUT2D eigenvalue weighted by atomic mass is 10.1. The molecule has 90 valence electrons. The highest BCUT2D eigenvalue weighted by molar-refractivity contribution is 5.26. The molecule has 0 aliphatic carbocycles. The van der Waals surface area contributed by atoms with Crippen LogP contribution in [-0.2, 0) is 0 Å². The summed E-state index contributed by atoms with van der Waals surface area (Å²) in [4.78, 5) is 0. The third kappa shape index (κ3) is 3.13. The number of halogens is 3. The lowest BCUT2D eigenvalue weighted by Crippen LogP contribution is -2.47. The van der Waals surface area contributed by atoms with Gasteiger partial charge in [-0.1, -0.05) is 17.7 Å². The van der Waals surface area contributed by atoms with Crippen molar-refractivity contribution in [3.63, 3.8) is 0 Å². The molecule has 0 aliphatic rings. The van der Waals surface area contributed by atoms with Gasteiger partial charge in [-0.05, 0) is 26.0 Å². The number of benzene rings is 1. The van der Waals surface area contributed by atoms with Crippen LogP contribution in [0.2, 0.25) is 0 Å². The Morgan fingerprint density at radius 3 is 2.12 bits per heavy atom. The van der Waals surface area contributed by atoms with Crippen molar-refractivity contribution in [2.45, 2.75) is 25.6 Å². The first-order valence-electron chi connectivity index (χ1n) is 4.71. The quantitative estimate of drug-likeness (QED) is 0.871. The van der Waals surface area contributed by atoms with Gasteiger partial charge in [0.2, 0.25) is 0 Å². The maximum absolute atomic E-state index is 12.3. The Hall–Kier alpha value is -1.23. The van der Waals surface area contributed by atoms with Crippen LogP contribution < -0.4 is 4.74 Å². The van der Waals surface area contributed by atoms with Gasteiger partial charge in [0.25, 0.3) is 0 Å². The fourth-order valence-corrected chi connectivity index (χ4v) is 0.940. The van der Waals surface area contributed by atoms with E-state index in [0.717, 1.165) is 5.56 Å². The predicted octanol–water partition coefficient (Wildman–Crippen LogP) is 2.69. The van der Waals surface area contributed by atoms with E-state index in [4.69, 9.17) is 9.84 Å². The van der Waals surface area contributed by atoms with Crippen molar-refractivity contribution in [3.8, 4) is 5.75 Å². The maximum atomic E-state index is 12.3. The predicted molar refractivity (Wildman–Crippen MR) is 53.4 cm³/mol. The molecular weight excluding hydrogens is 221 g/mol. The summed E-state index contributed by atoms with van der Waals surface area (Å²) in [7, 11) is 0. The number of rotatable bonds is 3. The Morgan fingerprint density at radius 1 is 1.19 bits per heavy atom. The molecule has 1 aromatic rings. The van der Waals surface area contributed by atoms with Crippen LogP contribution in [0.1, 0.15) is 12.5 Å². The summed E-state index contributed by atoms with van der Waals surface area (Å²) in [6.45, 7) is 1.72. The molecule has 0 unspecified atom stereocenters. The van der Waals surface area contributed by atoms with Crippen LogP contribution in [-0.4, -0.2) is 23.5 Å². The highest BCUT2D eigenvalue weighted by Crippen LogP contribution is 2.30. The number of aliphatic hydroxyl groups is 1. The number of ether oxygens (including phenoxy) is 1. The van der Waals surface area contributed by atoms with E-state index in [1.165, 1.54) is 0 Å². The zero-order chi connectivity index (χ0) is 12.4. The van der Waals surface area contributed by atoms with Crippen LogP contribution in [0.15, 0.2) is 24.3 Å². The summed E-state index contributed by atoms with van der Waals surface area (Å²) in [6.07, 6.45) is -4.70. The summed E-state index contributed by atoms with van der Waals surface area (Å²) >= 11 is 0. The molecular formula is C11H13F3O2. The van der Waals surface area contributed by atoms with Crippen molar-refractivity contribution in [2.75, 3.05) is 6.61 Å². The van der Waals surface area contributed by atoms with E-state index in [0.29, 0.717) is 12.7 Å². The minimum atomic E-state index is -4.70. The zero-order valence-electron chi connectivity index (χ0n) is 9.01. The Bertz CT molecular complexity index is 341. The van der Waals surface area contributed by atoms with Gasteiger partial charge in [0.05, 0.1) is 0 Å². The molecule has 2 nitrogen and oxygen atoms in total. The first-order chi connectivity index (χ1) is 7.22. The van der Waals surface area contributed by atoms with Crippen molar-refractivity contribution < 1.29 is 23.0 Å². The van der Waals surface area contributed by atoms with Crippen LogP contribution in [0.4, 0.5) is 13.2 Å². The first kappa shape index (κ1) is 12.8. The van der Waals surface area contributed by atoms with Crippen molar-refractivity contribution in [1.82, 2.24) is 0 Å². The first-order valence-corrected chi connectivity index (χ1v) is 4.71. The number of alkyl halides is 3. The van der Waals surface area contributed by atoms with Crippen LogP contribution in [0, 0.1) is 6.92 Å². The summed E-state index contributed by atoms with van der Waals surface area (Å²) in [5.74, 6) is 0.301. The number of hydrogen-bond acceptors (Lipinski definition) is 2.